The lowest BCUT2D eigenvalue weighted by atomic mass is 10.1. The Kier molecular flexibility index (Phi) is 3.19. The van der Waals surface area contributed by atoms with Crippen LogP contribution in [0, 0.1) is 6.92 Å². The first-order valence-electron chi connectivity index (χ1n) is 6.38. The van der Waals surface area contributed by atoms with Crippen LogP contribution < -0.4 is 0 Å². The number of aromatic nitrogens is 3. The van der Waals surface area contributed by atoms with E-state index in [4.69, 9.17) is 9.52 Å². The molecular formula is C14H13N3O4. The number of aryl methyl sites for hydroxylation is 1. The molecule has 21 heavy (non-hydrogen) atoms. The summed E-state index contributed by atoms with van der Waals surface area (Å²) in [5.41, 5.74) is 1.53. The van der Waals surface area contributed by atoms with Crippen LogP contribution in [-0.2, 0) is 6.54 Å². The van der Waals surface area contributed by atoms with E-state index in [2.05, 4.69) is 10.1 Å². The molecule has 0 bridgehead atoms. The summed E-state index contributed by atoms with van der Waals surface area (Å²) in [6, 6.07) is 4.89. The molecule has 108 valence electrons. The number of pyridine rings is 1. The molecule has 0 spiro atoms. The molecule has 0 aliphatic rings. The molecule has 0 aliphatic carbocycles. The van der Waals surface area contributed by atoms with Gasteiger partial charge >= 0.3 is 5.97 Å². The molecule has 0 atom stereocenters. The van der Waals surface area contributed by atoms with Gasteiger partial charge in [-0.15, -0.1) is 0 Å². The van der Waals surface area contributed by atoms with Crippen molar-refractivity contribution in [3.05, 3.63) is 35.7 Å². The van der Waals surface area contributed by atoms with E-state index >= 15 is 0 Å². The molecule has 0 saturated heterocycles. The van der Waals surface area contributed by atoms with E-state index in [1.807, 2.05) is 0 Å². The summed E-state index contributed by atoms with van der Waals surface area (Å²) in [6.45, 7) is 1.86. The summed E-state index contributed by atoms with van der Waals surface area (Å²) in [4.78, 5) is 15.9. The first-order chi connectivity index (χ1) is 10.1. The SMILES string of the molecule is Cc1nn(CCO)c2nc(-c3ccco3)cc(C(=O)O)c12. The van der Waals surface area contributed by atoms with Gasteiger partial charge in [-0.25, -0.2) is 14.5 Å². The molecule has 2 N–H and O–H groups in total. The van der Waals surface area contributed by atoms with Crippen LogP contribution in [-0.4, -0.2) is 37.6 Å². The average Bonchev–Trinajstić information content (AvgIpc) is 3.08. The number of carboxylic acid groups (broad SMARTS) is 1. The van der Waals surface area contributed by atoms with Gasteiger partial charge in [-0.3, -0.25) is 0 Å². The van der Waals surface area contributed by atoms with Crippen LogP contribution in [0.4, 0.5) is 0 Å². The van der Waals surface area contributed by atoms with Crippen LogP contribution in [0.2, 0.25) is 0 Å². The summed E-state index contributed by atoms with van der Waals surface area (Å²) in [7, 11) is 0. The zero-order valence-corrected chi connectivity index (χ0v) is 11.3. The van der Waals surface area contributed by atoms with E-state index < -0.39 is 5.97 Å². The Morgan fingerprint density at radius 2 is 2.29 bits per heavy atom. The lowest BCUT2D eigenvalue weighted by Crippen LogP contribution is -2.06. The smallest absolute Gasteiger partial charge is 0.336 e. The normalized spacial score (nSPS) is 11.1. The van der Waals surface area contributed by atoms with E-state index in [1.165, 1.54) is 17.0 Å². The van der Waals surface area contributed by atoms with Crippen LogP contribution >= 0.6 is 0 Å². The van der Waals surface area contributed by atoms with Crippen molar-refractivity contribution in [1.82, 2.24) is 14.8 Å². The van der Waals surface area contributed by atoms with E-state index in [0.29, 0.717) is 28.2 Å². The van der Waals surface area contributed by atoms with Crippen molar-refractivity contribution in [3.8, 4) is 11.5 Å². The molecule has 3 rings (SSSR count). The first kappa shape index (κ1) is 13.3. The minimum absolute atomic E-state index is 0.106. The van der Waals surface area contributed by atoms with Gasteiger partial charge in [0.1, 0.15) is 5.69 Å². The van der Waals surface area contributed by atoms with E-state index in [0.717, 1.165) is 0 Å². The highest BCUT2D eigenvalue weighted by atomic mass is 16.4. The van der Waals surface area contributed by atoms with Gasteiger partial charge < -0.3 is 14.6 Å². The molecule has 0 aliphatic heterocycles. The number of carbonyl (C=O) groups is 1. The third kappa shape index (κ3) is 2.17. The first-order valence-corrected chi connectivity index (χ1v) is 6.38. The van der Waals surface area contributed by atoms with Crippen LogP contribution in [0.1, 0.15) is 16.1 Å². The van der Waals surface area contributed by atoms with Gasteiger partial charge in [-0.05, 0) is 25.1 Å². The summed E-state index contributed by atoms with van der Waals surface area (Å²) in [5, 5.41) is 23.2. The molecule has 7 nitrogen and oxygen atoms in total. The fraction of sp³-hybridized carbons (Fsp3) is 0.214. The van der Waals surface area contributed by atoms with Crippen molar-refractivity contribution >= 4 is 17.0 Å². The monoisotopic (exact) mass is 287 g/mol. The van der Waals surface area contributed by atoms with Crippen LogP contribution in [0.25, 0.3) is 22.5 Å². The zero-order valence-electron chi connectivity index (χ0n) is 11.3. The highest BCUT2D eigenvalue weighted by Gasteiger charge is 2.20. The van der Waals surface area contributed by atoms with Gasteiger partial charge in [0.25, 0.3) is 0 Å². The predicted molar refractivity (Wildman–Crippen MR) is 74.0 cm³/mol. The summed E-state index contributed by atoms with van der Waals surface area (Å²) < 4.78 is 6.78. The Morgan fingerprint density at radius 1 is 1.48 bits per heavy atom. The standard InChI is InChI=1S/C14H13N3O4/c1-8-12-9(14(19)20)7-10(11-3-2-6-21-11)15-13(12)17(16-8)4-5-18/h2-3,6-7,18H,4-5H2,1H3,(H,19,20). The Morgan fingerprint density at radius 3 is 2.90 bits per heavy atom. The summed E-state index contributed by atoms with van der Waals surface area (Å²) in [5.74, 6) is -0.573. The van der Waals surface area contributed by atoms with Gasteiger partial charge in [0.15, 0.2) is 11.4 Å². The van der Waals surface area contributed by atoms with Gasteiger partial charge in [0.05, 0.1) is 36.1 Å². The molecule has 0 amide bonds. The maximum atomic E-state index is 11.5. The maximum Gasteiger partial charge on any atom is 0.336 e. The minimum atomic E-state index is -1.05. The lowest BCUT2D eigenvalue weighted by Gasteiger charge is -2.04. The number of carboxylic acids is 1. The molecule has 3 aromatic heterocycles. The van der Waals surface area contributed by atoms with E-state index in [1.54, 1.807) is 19.1 Å². The molecule has 0 unspecified atom stereocenters. The summed E-state index contributed by atoms with van der Waals surface area (Å²) in [6.07, 6.45) is 1.50. The second-order valence-electron chi connectivity index (χ2n) is 4.57. The number of aliphatic hydroxyl groups excluding tert-OH is 1. The number of hydrogen-bond donors (Lipinski definition) is 2. The summed E-state index contributed by atoms with van der Waals surface area (Å²) >= 11 is 0. The van der Waals surface area contributed by atoms with E-state index in [9.17, 15) is 9.90 Å². The number of furan rings is 1. The van der Waals surface area contributed by atoms with Crippen LogP contribution in [0.3, 0.4) is 0 Å². The molecule has 0 aromatic carbocycles. The van der Waals surface area contributed by atoms with Crippen molar-refractivity contribution in [3.63, 3.8) is 0 Å². The second kappa shape index (κ2) is 5.02. The predicted octanol–water partition coefficient (Wildman–Crippen LogP) is 1.69. The molecule has 3 heterocycles. The van der Waals surface area contributed by atoms with Gasteiger partial charge in [-0.1, -0.05) is 0 Å². The Hall–Kier alpha value is -2.67. The Balaban J connectivity index is 2.33. The number of aliphatic hydroxyl groups is 1. The molecule has 0 fully saturated rings. The molecule has 3 aromatic rings. The van der Waals surface area contributed by atoms with Crippen molar-refractivity contribution < 1.29 is 19.4 Å². The maximum absolute atomic E-state index is 11.5. The molecular weight excluding hydrogens is 274 g/mol. The number of rotatable bonds is 4. The van der Waals surface area contributed by atoms with Gasteiger partial charge in [-0.2, -0.15) is 5.10 Å². The quantitative estimate of drug-likeness (QED) is 0.757. The highest BCUT2D eigenvalue weighted by molar-refractivity contribution is 6.03. The highest BCUT2D eigenvalue weighted by Crippen LogP contribution is 2.27. The van der Waals surface area contributed by atoms with Gasteiger partial charge in [0.2, 0.25) is 0 Å². The fourth-order valence-corrected chi connectivity index (χ4v) is 2.32. The average molecular weight is 287 g/mol. The minimum Gasteiger partial charge on any atom is -0.478 e. The van der Waals surface area contributed by atoms with Crippen LogP contribution in [0.5, 0.6) is 0 Å². The number of nitrogens with zero attached hydrogens (tertiary/aromatic N) is 3. The van der Waals surface area contributed by atoms with Crippen molar-refractivity contribution in [2.45, 2.75) is 13.5 Å². The number of hydrogen-bond acceptors (Lipinski definition) is 5. The molecule has 0 radical (unpaired) electrons. The number of aromatic carboxylic acids is 1. The second-order valence-corrected chi connectivity index (χ2v) is 4.57. The van der Waals surface area contributed by atoms with Crippen molar-refractivity contribution in [2.75, 3.05) is 6.61 Å². The third-order valence-electron chi connectivity index (χ3n) is 3.19. The number of fused-ring (bicyclic) bond motifs is 1. The largest absolute Gasteiger partial charge is 0.478 e. The zero-order chi connectivity index (χ0) is 15.0. The fourth-order valence-electron chi connectivity index (χ4n) is 2.32. The van der Waals surface area contributed by atoms with Crippen molar-refractivity contribution in [2.24, 2.45) is 0 Å². The Bertz CT molecular complexity index is 805. The topological polar surface area (TPSA) is 101 Å². The van der Waals surface area contributed by atoms with Crippen molar-refractivity contribution in [1.29, 1.82) is 0 Å². The Labute approximate surface area is 119 Å². The van der Waals surface area contributed by atoms with Crippen LogP contribution in [0.15, 0.2) is 28.9 Å². The van der Waals surface area contributed by atoms with E-state index in [-0.39, 0.29) is 18.7 Å². The lowest BCUT2D eigenvalue weighted by molar-refractivity contribution is 0.0699. The molecule has 0 saturated carbocycles. The third-order valence-corrected chi connectivity index (χ3v) is 3.19. The van der Waals surface area contributed by atoms with Gasteiger partial charge in [0, 0.05) is 0 Å². The molecule has 7 heteroatoms.